The SMILES string of the molecule is CCC(C)Cn1c(C)c(C)c2cc(C(=O)O)ccc21. The van der Waals surface area contributed by atoms with E-state index in [2.05, 4.69) is 32.3 Å². The predicted molar refractivity (Wildman–Crippen MR) is 77.8 cm³/mol. The first-order valence-corrected chi connectivity index (χ1v) is 6.78. The molecule has 2 rings (SSSR count). The third-order valence-electron chi connectivity index (χ3n) is 4.08. The lowest BCUT2D eigenvalue weighted by molar-refractivity contribution is 0.0697. The van der Waals surface area contributed by atoms with E-state index in [0.717, 1.165) is 23.9 Å². The molecule has 1 aromatic carbocycles. The molecule has 1 heterocycles. The second-order valence-electron chi connectivity index (χ2n) is 5.37. The summed E-state index contributed by atoms with van der Waals surface area (Å²) in [5, 5.41) is 10.1. The van der Waals surface area contributed by atoms with Gasteiger partial charge in [-0.1, -0.05) is 20.3 Å². The van der Waals surface area contributed by atoms with Crippen molar-refractivity contribution < 1.29 is 9.90 Å². The van der Waals surface area contributed by atoms with Gasteiger partial charge in [-0.15, -0.1) is 0 Å². The maximum atomic E-state index is 11.1. The molecule has 0 amide bonds. The Morgan fingerprint density at radius 3 is 2.63 bits per heavy atom. The van der Waals surface area contributed by atoms with E-state index in [9.17, 15) is 4.79 Å². The van der Waals surface area contributed by atoms with Gasteiger partial charge in [0.2, 0.25) is 0 Å². The van der Waals surface area contributed by atoms with Crippen LogP contribution in [0.15, 0.2) is 18.2 Å². The van der Waals surface area contributed by atoms with Crippen molar-refractivity contribution in [1.29, 1.82) is 0 Å². The molecule has 0 bridgehead atoms. The van der Waals surface area contributed by atoms with Gasteiger partial charge in [-0.05, 0) is 43.5 Å². The predicted octanol–water partition coefficient (Wildman–Crippen LogP) is 4.00. The summed E-state index contributed by atoms with van der Waals surface area (Å²) in [6.07, 6.45) is 1.14. The van der Waals surface area contributed by atoms with Crippen LogP contribution in [0, 0.1) is 19.8 Å². The van der Waals surface area contributed by atoms with Crippen molar-refractivity contribution >= 4 is 16.9 Å². The fourth-order valence-corrected chi connectivity index (χ4v) is 2.46. The molecule has 1 unspecified atom stereocenters. The molecule has 1 N–H and O–H groups in total. The van der Waals surface area contributed by atoms with E-state index in [1.807, 2.05) is 6.07 Å². The summed E-state index contributed by atoms with van der Waals surface area (Å²) in [6, 6.07) is 5.41. The average Bonchev–Trinajstić information content (AvgIpc) is 2.63. The zero-order valence-corrected chi connectivity index (χ0v) is 12.0. The van der Waals surface area contributed by atoms with Crippen molar-refractivity contribution in [3.8, 4) is 0 Å². The third kappa shape index (κ3) is 2.37. The van der Waals surface area contributed by atoms with Crippen molar-refractivity contribution in [2.75, 3.05) is 0 Å². The third-order valence-corrected chi connectivity index (χ3v) is 4.08. The van der Waals surface area contributed by atoms with Crippen molar-refractivity contribution in [2.24, 2.45) is 5.92 Å². The number of hydrogen-bond acceptors (Lipinski definition) is 1. The maximum Gasteiger partial charge on any atom is 0.335 e. The quantitative estimate of drug-likeness (QED) is 0.901. The highest BCUT2D eigenvalue weighted by Gasteiger charge is 2.14. The molecule has 0 radical (unpaired) electrons. The Morgan fingerprint density at radius 2 is 2.05 bits per heavy atom. The Kier molecular flexibility index (Phi) is 3.65. The van der Waals surface area contributed by atoms with E-state index in [1.165, 1.54) is 11.3 Å². The molecule has 0 aliphatic rings. The number of aromatic nitrogens is 1. The van der Waals surface area contributed by atoms with Crippen LogP contribution in [0.3, 0.4) is 0 Å². The van der Waals surface area contributed by atoms with Gasteiger partial charge in [-0.3, -0.25) is 0 Å². The van der Waals surface area contributed by atoms with E-state index in [0.29, 0.717) is 11.5 Å². The molecule has 0 aliphatic heterocycles. The van der Waals surface area contributed by atoms with E-state index in [-0.39, 0.29) is 0 Å². The Bertz CT molecular complexity index is 625. The van der Waals surface area contributed by atoms with Crippen LogP contribution in [-0.4, -0.2) is 15.6 Å². The van der Waals surface area contributed by atoms with Crippen molar-refractivity contribution in [3.05, 3.63) is 35.0 Å². The molecule has 3 nitrogen and oxygen atoms in total. The molecule has 0 spiro atoms. The van der Waals surface area contributed by atoms with Crippen LogP contribution in [-0.2, 0) is 6.54 Å². The number of carbonyl (C=O) groups is 1. The second-order valence-corrected chi connectivity index (χ2v) is 5.37. The molecule has 0 saturated heterocycles. The van der Waals surface area contributed by atoms with E-state index < -0.39 is 5.97 Å². The standard InChI is InChI=1S/C16H21NO2/c1-5-10(2)9-17-12(4)11(3)14-8-13(16(18)19)6-7-15(14)17/h6-8,10H,5,9H2,1-4H3,(H,18,19). The average molecular weight is 259 g/mol. The minimum atomic E-state index is -0.867. The summed E-state index contributed by atoms with van der Waals surface area (Å²) in [6.45, 7) is 9.60. The first-order valence-electron chi connectivity index (χ1n) is 6.78. The number of nitrogens with zero attached hydrogens (tertiary/aromatic N) is 1. The van der Waals surface area contributed by atoms with E-state index >= 15 is 0 Å². The van der Waals surface area contributed by atoms with Gasteiger partial charge in [0, 0.05) is 23.1 Å². The summed E-state index contributed by atoms with van der Waals surface area (Å²) < 4.78 is 2.31. The summed E-state index contributed by atoms with van der Waals surface area (Å²) in [5.41, 5.74) is 3.91. The van der Waals surface area contributed by atoms with Crippen molar-refractivity contribution in [3.63, 3.8) is 0 Å². The zero-order valence-electron chi connectivity index (χ0n) is 12.0. The van der Waals surface area contributed by atoms with Gasteiger partial charge in [0.1, 0.15) is 0 Å². The smallest absolute Gasteiger partial charge is 0.335 e. The second kappa shape index (κ2) is 5.08. The topological polar surface area (TPSA) is 42.2 Å². The van der Waals surface area contributed by atoms with E-state index in [4.69, 9.17) is 5.11 Å². The van der Waals surface area contributed by atoms with Gasteiger partial charge in [0.05, 0.1) is 5.56 Å². The molecule has 1 aromatic heterocycles. The van der Waals surface area contributed by atoms with Crippen LogP contribution in [0.4, 0.5) is 0 Å². The molecule has 102 valence electrons. The Balaban J connectivity index is 2.60. The number of aromatic carboxylic acids is 1. The summed E-state index contributed by atoms with van der Waals surface area (Å²) >= 11 is 0. The maximum absolute atomic E-state index is 11.1. The van der Waals surface area contributed by atoms with Crippen LogP contribution < -0.4 is 0 Å². The molecule has 3 heteroatoms. The van der Waals surface area contributed by atoms with Gasteiger partial charge in [-0.25, -0.2) is 4.79 Å². The van der Waals surface area contributed by atoms with Gasteiger partial charge < -0.3 is 9.67 Å². The number of fused-ring (bicyclic) bond motifs is 1. The minimum absolute atomic E-state index is 0.358. The van der Waals surface area contributed by atoms with Crippen LogP contribution in [0.1, 0.15) is 41.9 Å². The molecule has 19 heavy (non-hydrogen) atoms. The minimum Gasteiger partial charge on any atom is -0.478 e. The molecule has 0 fully saturated rings. The lowest BCUT2D eigenvalue weighted by atomic mass is 10.1. The van der Waals surface area contributed by atoms with Gasteiger partial charge >= 0.3 is 5.97 Å². The molecule has 1 atom stereocenters. The van der Waals surface area contributed by atoms with Gasteiger partial charge in [-0.2, -0.15) is 0 Å². The first-order chi connectivity index (χ1) is 8.95. The molecule has 0 aliphatic carbocycles. The number of aryl methyl sites for hydroxylation is 1. The van der Waals surface area contributed by atoms with Gasteiger partial charge in [0.15, 0.2) is 0 Å². The lowest BCUT2D eigenvalue weighted by Gasteiger charge is -2.13. The highest BCUT2D eigenvalue weighted by molar-refractivity contribution is 5.95. The lowest BCUT2D eigenvalue weighted by Crippen LogP contribution is -2.08. The number of carboxylic acids is 1. The zero-order chi connectivity index (χ0) is 14.2. The highest BCUT2D eigenvalue weighted by Crippen LogP contribution is 2.27. The number of benzene rings is 1. The molecular weight excluding hydrogens is 238 g/mol. The fourth-order valence-electron chi connectivity index (χ4n) is 2.46. The monoisotopic (exact) mass is 259 g/mol. The number of hydrogen-bond donors (Lipinski definition) is 1. The molecule has 0 saturated carbocycles. The Labute approximate surface area is 113 Å². The first kappa shape index (κ1) is 13.7. The van der Waals surface area contributed by atoms with Crippen molar-refractivity contribution in [1.82, 2.24) is 4.57 Å². The van der Waals surface area contributed by atoms with Gasteiger partial charge in [0.25, 0.3) is 0 Å². The van der Waals surface area contributed by atoms with E-state index in [1.54, 1.807) is 12.1 Å². The fraction of sp³-hybridized carbons (Fsp3) is 0.438. The number of rotatable bonds is 4. The van der Waals surface area contributed by atoms with Crippen LogP contribution >= 0.6 is 0 Å². The normalized spacial score (nSPS) is 12.8. The van der Waals surface area contributed by atoms with Crippen LogP contribution in [0.5, 0.6) is 0 Å². The molecular formula is C16H21NO2. The van der Waals surface area contributed by atoms with Crippen LogP contribution in [0.2, 0.25) is 0 Å². The Morgan fingerprint density at radius 1 is 1.37 bits per heavy atom. The highest BCUT2D eigenvalue weighted by atomic mass is 16.4. The molecule has 2 aromatic rings. The summed E-state index contributed by atoms with van der Waals surface area (Å²) in [7, 11) is 0. The van der Waals surface area contributed by atoms with Crippen molar-refractivity contribution in [2.45, 2.75) is 40.7 Å². The summed E-state index contributed by atoms with van der Waals surface area (Å²) in [4.78, 5) is 11.1. The van der Waals surface area contributed by atoms with Crippen LogP contribution in [0.25, 0.3) is 10.9 Å². The summed E-state index contributed by atoms with van der Waals surface area (Å²) in [5.74, 6) is -0.249. The number of carboxylic acid groups (broad SMARTS) is 1. The largest absolute Gasteiger partial charge is 0.478 e. The Hall–Kier alpha value is -1.77.